The standard InChI is InChI=1S/C22H24N4O3S/c1-17-16-18(2)26(23-17)20-10-8-19(9-11-20)22(27)24-12-14-25(15-13-24)30(28,29)21-6-4-3-5-7-21/h3-11,16H,12-15H2,1-2H3. The van der Waals surface area contributed by atoms with E-state index in [9.17, 15) is 13.2 Å². The van der Waals surface area contributed by atoms with Crippen LogP contribution in [0.25, 0.3) is 5.69 Å². The predicted molar refractivity (Wildman–Crippen MR) is 114 cm³/mol. The van der Waals surface area contributed by atoms with Crippen LogP contribution in [-0.4, -0.2) is 59.5 Å². The minimum absolute atomic E-state index is 0.0910. The summed E-state index contributed by atoms with van der Waals surface area (Å²) in [7, 11) is -3.53. The van der Waals surface area contributed by atoms with Gasteiger partial charge in [-0.25, -0.2) is 13.1 Å². The number of nitrogens with zero attached hydrogens (tertiary/aromatic N) is 4. The summed E-state index contributed by atoms with van der Waals surface area (Å²) in [5, 5.41) is 4.46. The number of amides is 1. The molecule has 1 aromatic heterocycles. The third kappa shape index (κ3) is 3.88. The van der Waals surface area contributed by atoms with Crippen molar-refractivity contribution >= 4 is 15.9 Å². The molecule has 4 rings (SSSR count). The number of benzene rings is 2. The molecule has 1 saturated heterocycles. The molecule has 0 atom stereocenters. The monoisotopic (exact) mass is 424 g/mol. The molecule has 8 heteroatoms. The van der Waals surface area contributed by atoms with Crippen LogP contribution in [0.1, 0.15) is 21.7 Å². The molecule has 0 N–H and O–H groups in total. The lowest BCUT2D eigenvalue weighted by Gasteiger charge is -2.34. The van der Waals surface area contributed by atoms with Gasteiger partial charge in [0.15, 0.2) is 0 Å². The summed E-state index contributed by atoms with van der Waals surface area (Å²) < 4.78 is 28.8. The molecule has 0 spiro atoms. The lowest BCUT2D eigenvalue weighted by molar-refractivity contribution is 0.0698. The summed E-state index contributed by atoms with van der Waals surface area (Å²) in [6.45, 7) is 5.23. The molecular weight excluding hydrogens is 400 g/mol. The highest BCUT2D eigenvalue weighted by atomic mass is 32.2. The van der Waals surface area contributed by atoms with Gasteiger partial charge in [-0.05, 0) is 56.3 Å². The van der Waals surface area contributed by atoms with Crippen molar-refractivity contribution in [1.82, 2.24) is 19.0 Å². The Hall–Kier alpha value is -2.97. The normalized spacial score (nSPS) is 15.3. The SMILES string of the molecule is Cc1cc(C)n(-c2ccc(C(=O)N3CCN(S(=O)(=O)c4ccccc4)CC3)cc2)n1. The molecule has 3 aromatic rings. The number of aromatic nitrogens is 2. The highest BCUT2D eigenvalue weighted by Crippen LogP contribution is 2.19. The average molecular weight is 425 g/mol. The van der Waals surface area contributed by atoms with Crippen molar-refractivity contribution in [3.63, 3.8) is 0 Å². The van der Waals surface area contributed by atoms with Crippen LogP contribution in [0.3, 0.4) is 0 Å². The molecule has 2 aromatic carbocycles. The quantitative estimate of drug-likeness (QED) is 0.645. The van der Waals surface area contributed by atoms with Crippen molar-refractivity contribution in [3.8, 4) is 5.69 Å². The molecule has 0 saturated carbocycles. The Bertz CT molecular complexity index is 1150. The van der Waals surface area contributed by atoms with Crippen molar-refractivity contribution in [2.75, 3.05) is 26.2 Å². The second kappa shape index (κ2) is 8.04. The third-order valence-corrected chi connectivity index (χ3v) is 7.19. The van der Waals surface area contributed by atoms with Crippen molar-refractivity contribution in [2.45, 2.75) is 18.7 Å². The van der Waals surface area contributed by atoms with Crippen LogP contribution in [0.5, 0.6) is 0 Å². The van der Waals surface area contributed by atoms with Crippen LogP contribution in [0.4, 0.5) is 0 Å². The van der Waals surface area contributed by atoms with Gasteiger partial charge in [0, 0.05) is 37.4 Å². The van der Waals surface area contributed by atoms with E-state index in [0.29, 0.717) is 18.7 Å². The summed E-state index contributed by atoms with van der Waals surface area (Å²) in [5.74, 6) is -0.0910. The van der Waals surface area contributed by atoms with Gasteiger partial charge in [0.25, 0.3) is 5.91 Å². The van der Waals surface area contributed by atoms with Gasteiger partial charge in [-0.3, -0.25) is 4.79 Å². The Morgan fingerprint density at radius 1 is 0.900 bits per heavy atom. The van der Waals surface area contributed by atoms with E-state index in [2.05, 4.69) is 5.10 Å². The van der Waals surface area contributed by atoms with Crippen LogP contribution in [0.2, 0.25) is 0 Å². The van der Waals surface area contributed by atoms with Crippen molar-refractivity contribution in [2.24, 2.45) is 0 Å². The third-order valence-electron chi connectivity index (χ3n) is 5.28. The average Bonchev–Trinajstić information content (AvgIpc) is 3.12. The largest absolute Gasteiger partial charge is 0.336 e. The number of aryl methyl sites for hydroxylation is 2. The van der Waals surface area contributed by atoms with E-state index in [1.54, 1.807) is 47.4 Å². The lowest BCUT2D eigenvalue weighted by atomic mass is 10.1. The summed E-state index contributed by atoms with van der Waals surface area (Å²) >= 11 is 0. The Balaban J connectivity index is 1.43. The first-order valence-electron chi connectivity index (χ1n) is 9.84. The molecule has 1 aliphatic heterocycles. The molecule has 0 bridgehead atoms. The van der Waals surface area contributed by atoms with Crippen LogP contribution < -0.4 is 0 Å². The van der Waals surface area contributed by atoms with E-state index in [4.69, 9.17) is 0 Å². The fourth-order valence-corrected chi connectivity index (χ4v) is 5.13. The lowest BCUT2D eigenvalue weighted by Crippen LogP contribution is -2.50. The molecular formula is C22H24N4O3S. The van der Waals surface area contributed by atoms with E-state index >= 15 is 0 Å². The molecule has 0 unspecified atom stereocenters. The van der Waals surface area contributed by atoms with E-state index < -0.39 is 10.0 Å². The molecule has 7 nitrogen and oxygen atoms in total. The fraction of sp³-hybridized carbons (Fsp3) is 0.273. The number of piperazine rings is 1. The highest BCUT2D eigenvalue weighted by Gasteiger charge is 2.30. The van der Waals surface area contributed by atoms with Gasteiger partial charge in [0.05, 0.1) is 16.3 Å². The Morgan fingerprint density at radius 3 is 2.10 bits per heavy atom. The van der Waals surface area contributed by atoms with E-state index in [1.165, 1.54) is 4.31 Å². The molecule has 0 radical (unpaired) electrons. The minimum Gasteiger partial charge on any atom is -0.336 e. The zero-order chi connectivity index (χ0) is 21.3. The summed E-state index contributed by atoms with van der Waals surface area (Å²) in [4.78, 5) is 14.9. The smallest absolute Gasteiger partial charge is 0.253 e. The molecule has 1 amide bonds. The molecule has 0 aliphatic carbocycles. The zero-order valence-corrected chi connectivity index (χ0v) is 17.8. The van der Waals surface area contributed by atoms with E-state index in [1.807, 2.05) is 36.7 Å². The Kier molecular flexibility index (Phi) is 5.44. The van der Waals surface area contributed by atoms with Crippen LogP contribution in [0, 0.1) is 13.8 Å². The first-order chi connectivity index (χ1) is 14.4. The first-order valence-corrected chi connectivity index (χ1v) is 11.3. The summed E-state index contributed by atoms with van der Waals surface area (Å²) in [6, 6.07) is 17.7. The first kappa shape index (κ1) is 20.3. The Morgan fingerprint density at radius 2 is 1.53 bits per heavy atom. The van der Waals surface area contributed by atoms with Gasteiger partial charge in [-0.2, -0.15) is 9.40 Å². The number of hydrogen-bond acceptors (Lipinski definition) is 4. The van der Waals surface area contributed by atoms with Crippen molar-refractivity contribution < 1.29 is 13.2 Å². The number of sulfonamides is 1. The second-order valence-corrected chi connectivity index (χ2v) is 9.33. The van der Waals surface area contributed by atoms with Crippen LogP contribution >= 0.6 is 0 Å². The number of rotatable bonds is 4. The maximum Gasteiger partial charge on any atom is 0.253 e. The predicted octanol–water partition coefficient (Wildman–Crippen LogP) is 2.64. The zero-order valence-electron chi connectivity index (χ0n) is 17.0. The number of carbonyl (C=O) groups excluding carboxylic acids is 1. The maximum absolute atomic E-state index is 12.9. The van der Waals surface area contributed by atoms with Gasteiger partial charge < -0.3 is 4.90 Å². The summed E-state index contributed by atoms with van der Waals surface area (Å²) in [6.07, 6.45) is 0. The molecule has 1 fully saturated rings. The molecule has 1 aliphatic rings. The van der Waals surface area contributed by atoms with Gasteiger partial charge in [-0.1, -0.05) is 18.2 Å². The summed E-state index contributed by atoms with van der Waals surface area (Å²) in [5.41, 5.74) is 3.45. The minimum atomic E-state index is -3.53. The molecule has 2 heterocycles. The van der Waals surface area contributed by atoms with Crippen molar-refractivity contribution in [3.05, 3.63) is 77.6 Å². The van der Waals surface area contributed by atoms with Gasteiger partial charge in [-0.15, -0.1) is 0 Å². The Labute approximate surface area is 176 Å². The number of carbonyl (C=O) groups is 1. The van der Waals surface area contributed by atoms with Crippen LogP contribution in [0.15, 0.2) is 65.6 Å². The van der Waals surface area contributed by atoms with Gasteiger partial charge in [0.2, 0.25) is 10.0 Å². The van der Waals surface area contributed by atoms with E-state index in [0.717, 1.165) is 17.1 Å². The van der Waals surface area contributed by atoms with E-state index in [-0.39, 0.29) is 23.9 Å². The molecule has 156 valence electrons. The van der Waals surface area contributed by atoms with Crippen molar-refractivity contribution in [1.29, 1.82) is 0 Å². The second-order valence-electron chi connectivity index (χ2n) is 7.40. The topological polar surface area (TPSA) is 75.5 Å². The van der Waals surface area contributed by atoms with Gasteiger partial charge >= 0.3 is 0 Å². The maximum atomic E-state index is 12.9. The molecule has 30 heavy (non-hydrogen) atoms. The van der Waals surface area contributed by atoms with Crippen LogP contribution in [-0.2, 0) is 10.0 Å². The highest BCUT2D eigenvalue weighted by molar-refractivity contribution is 7.89. The van der Waals surface area contributed by atoms with Gasteiger partial charge in [0.1, 0.15) is 0 Å². The number of hydrogen-bond donors (Lipinski definition) is 0. The fourth-order valence-electron chi connectivity index (χ4n) is 3.69.